The van der Waals surface area contributed by atoms with Gasteiger partial charge in [0.1, 0.15) is 6.61 Å². The summed E-state index contributed by atoms with van der Waals surface area (Å²) in [6.07, 6.45) is 3.19. The van der Waals surface area contributed by atoms with E-state index in [1.807, 2.05) is 13.8 Å². The number of thiazole rings is 1. The van der Waals surface area contributed by atoms with Gasteiger partial charge in [-0.15, -0.1) is 0 Å². The standard InChI is InChI=1S/C29H29N3O7S/c1-6-12-38-22-11-10-20(15-23(22)37-5)26-25(28(34)39-16-17(2)3)18(4)30-29-31(26)27(33)24(40-29)14-19-8-7-9-21(13-19)32(35)36/h6-11,13-15,17,26H,1,12,16H2,2-5H3/b24-14-. The third-order valence-corrected chi connectivity index (χ3v) is 7.01. The van der Waals surface area contributed by atoms with Gasteiger partial charge in [0.05, 0.1) is 40.5 Å². The predicted molar refractivity (Wildman–Crippen MR) is 151 cm³/mol. The van der Waals surface area contributed by atoms with E-state index < -0.39 is 22.5 Å². The van der Waals surface area contributed by atoms with Crippen LogP contribution in [0.15, 0.2) is 76.2 Å². The van der Waals surface area contributed by atoms with Crippen LogP contribution in [0.2, 0.25) is 0 Å². The Balaban J connectivity index is 1.91. The van der Waals surface area contributed by atoms with E-state index in [2.05, 4.69) is 11.6 Å². The molecule has 1 aliphatic heterocycles. The normalized spacial score (nSPS) is 14.9. The molecule has 0 fully saturated rings. The van der Waals surface area contributed by atoms with Gasteiger partial charge in [-0.1, -0.05) is 56.0 Å². The molecule has 0 saturated carbocycles. The Kier molecular flexibility index (Phi) is 8.64. The summed E-state index contributed by atoms with van der Waals surface area (Å²) < 4.78 is 18.6. The van der Waals surface area contributed by atoms with E-state index in [1.165, 1.54) is 23.8 Å². The van der Waals surface area contributed by atoms with Crippen molar-refractivity contribution in [1.29, 1.82) is 0 Å². The summed E-state index contributed by atoms with van der Waals surface area (Å²) in [5.74, 6) is 0.441. The van der Waals surface area contributed by atoms with E-state index in [4.69, 9.17) is 14.2 Å². The van der Waals surface area contributed by atoms with Crippen LogP contribution in [0.1, 0.15) is 37.9 Å². The molecule has 1 aromatic heterocycles. The predicted octanol–water partition coefficient (Wildman–Crippen LogP) is 3.92. The number of non-ortho nitro benzene ring substituents is 1. The third-order valence-electron chi connectivity index (χ3n) is 6.03. The van der Waals surface area contributed by atoms with Gasteiger partial charge in [-0.3, -0.25) is 19.5 Å². The number of benzene rings is 2. The Morgan fingerprint density at radius 3 is 2.70 bits per heavy atom. The van der Waals surface area contributed by atoms with Gasteiger partial charge in [-0.25, -0.2) is 9.79 Å². The number of ether oxygens (including phenoxy) is 3. The number of fused-ring (bicyclic) bond motifs is 1. The van der Waals surface area contributed by atoms with Gasteiger partial charge in [-0.05, 0) is 42.2 Å². The van der Waals surface area contributed by atoms with E-state index in [1.54, 1.807) is 49.4 Å². The summed E-state index contributed by atoms with van der Waals surface area (Å²) in [5, 5.41) is 11.2. The summed E-state index contributed by atoms with van der Waals surface area (Å²) >= 11 is 1.13. The molecule has 0 N–H and O–H groups in total. The SMILES string of the molecule is C=CCOc1ccc(C2C(C(=O)OCC(C)C)=C(C)N=c3s/c(=C\c4cccc([N+](=O)[O-])c4)c(=O)n32)cc1OC. The van der Waals surface area contributed by atoms with E-state index >= 15 is 0 Å². The van der Waals surface area contributed by atoms with E-state index in [-0.39, 0.29) is 30.4 Å². The zero-order valence-electron chi connectivity index (χ0n) is 22.6. The quantitative estimate of drug-likeness (QED) is 0.159. The average molecular weight is 564 g/mol. The number of nitro benzene ring substituents is 1. The molecule has 4 rings (SSSR count). The molecule has 2 heterocycles. The lowest BCUT2D eigenvalue weighted by Gasteiger charge is -2.25. The van der Waals surface area contributed by atoms with Gasteiger partial charge >= 0.3 is 5.97 Å². The largest absolute Gasteiger partial charge is 0.493 e. The molecule has 3 aromatic rings. The van der Waals surface area contributed by atoms with E-state index in [0.29, 0.717) is 37.7 Å². The maximum absolute atomic E-state index is 13.8. The molecule has 1 atom stereocenters. The van der Waals surface area contributed by atoms with Crippen molar-refractivity contribution in [3.8, 4) is 11.5 Å². The molecule has 208 valence electrons. The highest BCUT2D eigenvalue weighted by atomic mass is 32.1. The zero-order valence-corrected chi connectivity index (χ0v) is 23.4. The fourth-order valence-corrected chi connectivity index (χ4v) is 5.27. The molecule has 1 unspecified atom stereocenters. The lowest BCUT2D eigenvalue weighted by Crippen LogP contribution is -2.40. The second-order valence-electron chi connectivity index (χ2n) is 9.44. The second kappa shape index (κ2) is 12.1. The molecule has 0 spiro atoms. The summed E-state index contributed by atoms with van der Waals surface area (Å²) in [5.41, 5.74) is 1.26. The minimum atomic E-state index is -0.856. The molecular formula is C29H29N3O7S. The van der Waals surface area contributed by atoms with Gasteiger partial charge in [0.15, 0.2) is 16.3 Å². The van der Waals surface area contributed by atoms with Gasteiger partial charge < -0.3 is 14.2 Å². The van der Waals surface area contributed by atoms with Gasteiger partial charge in [0.25, 0.3) is 11.2 Å². The van der Waals surface area contributed by atoms with Crippen LogP contribution in [-0.4, -0.2) is 35.8 Å². The first-order valence-corrected chi connectivity index (χ1v) is 13.3. The Morgan fingerprint density at radius 2 is 2.02 bits per heavy atom. The lowest BCUT2D eigenvalue weighted by molar-refractivity contribution is -0.384. The second-order valence-corrected chi connectivity index (χ2v) is 10.4. The minimum absolute atomic E-state index is 0.0868. The van der Waals surface area contributed by atoms with Crippen LogP contribution in [0.25, 0.3) is 6.08 Å². The summed E-state index contributed by atoms with van der Waals surface area (Å²) in [6, 6.07) is 10.3. The Labute approximate surface area is 234 Å². The fraction of sp³-hybridized carbons (Fsp3) is 0.276. The minimum Gasteiger partial charge on any atom is -0.493 e. The number of aromatic nitrogens is 1. The lowest BCUT2D eigenvalue weighted by atomic mass is 9.95. The molecule has 40 heavy (non-hydrogen) atoms. The van der Waals surface area contributed by atoms with Crippen LogP contribution in [0.5, 0.6) is 11.5 Å². The summed E-state index contributed by atoms with van der Waals surface area (Å²) in [4.78, 5) is 42.9. The van der Waals surface area contributed by atoms with E-state index in [9.17, 15) is 19.7 Å². The average Bonchev–Trinajstić information content (AvgIpc) is 3.23. The first-order chi connectivity index (χ1) is 19.1. The van der Waals surface area contributed by atoms with Gasteiger partial charge in [0, 0.05) is 12.1 Å². The van der Waals surface area contributed by atoms with Crippen LogP contribution in [0.4, 0.5) is 5.69 Å². The van der Waals surface area contributed by atoms with Crippen molar-refractivity contribution in [2.75, 3.05) is 20.3 Å². The maximum Gasteiger partial charge on any atom is 0.338 e. The monoisotopic (exact) mass is 563 g/mol. The Hall–Kier alpha value is -4.51. The molecular weight excluding hydrogens is 534 g/mol. The highest BCUT2D eigenvalue weighted by molar-refractivity contribution is 7.07. The fourth-order valence-electron chi connectivity index (χ4n) is 4.22. The van der Waals surface area contributed by atoms with Crippen LogP contribution in [0.3, 0.4) is 0 Å². The van der Waals surface area contributed by atoms with Crippen molar-refractivity contribution in [3.63, 3.8) is 0 Å². The Morgan fingerprint density at radius 1 is 1.25 bits per heavy atom. The topological polar surface area (TPSA) is 122 Å². The van der Waals surface area contributed by atoms with Crippen molar-refractivity contribution in [2.24, 2.45) is 10.9 Å². The van der Waals surface area contributed by atoms with Gasteiger partial charge in [0.2, 0.25) is 0 Å². The number of esters is 1. The summed E-state index contributed by atoms with van der Waals surface area (Å²) in [6.45, 7) is 9.71. The molecule has 0 amide bonds. The molecule has 0 saturated heterocycles. The van der Waals surface area contributed by atoms with E-state index in [0.717, 1.165) is 11.3 Å². The molecule has 0 bridgehead atoms. The van der Waals surface area contributed by atoms with Crippen LogP contribution >= 0.6 is 11.3 Å². The molecule has 11 heteroatoms. The van der Waals surface area contributed by atoms with Crippen molar-refractivity contribution in [1.82, 2.24) is 4.57 Å². The van der Waals surface area contributed by atoms with Crippen LogP contribution in [0, 0.1) is 16.0 Å². The highest BCUT2D eigenvalue weighted by Gasteiger charge is 2.34. The first-order valence-electron chi connectivity index (χ1n) is 12.5. The molecule has 0 aliphatic carbocycles. The number of nitrogens with zero attached hydrogens (tertiary/aromatic N) is 3. The zero-order chi connectivity index (χ0) is 29.0. The first kappa shape index (κ1) is 28.5. The number of hydrogen-bond donors (Lipinski definition) is 0. The Bertz CT molecular complexity index is 1680. The number of carbonyl (C=O) groups excluding carboxylic acids is 1. The third kappa shape index (κ3) is 5.89. The molecule has 10 nitrogen and oxygen atoms in total. The molecule has 2 aromatic carbocycles. The number of allylic oxidation sites excluding steroid dienone is 1. The van der Waals surface area contributed by atoms with Crippen molar-refractivity contribution < 1.29 is 23.9 Å². The summed E-state index contributed by atoms with van der Waals surface area (Å²) in [7, 11) is 1.50. The highest BCUT2D eigenvalue weighted by Crippen LogP contribution is 2.36. The number of hydrogen-bond acceptors (Lipinski definition) is 9. The number of rotatable bonds is 10. The van der Waals surface area contributed by atoms with Crippen LogP contribution < -0.4 is 24.4 Å². The smallest absolute Gasteiger partial charge is 0.338 e. The molecule has 1 aliphatic rings. The van der Waals surface area contributed by atoms with Crippen LogP contribution in [-0.2, 0) is 9.53 Å². The molecule has 0 radical (unpaired) electrons. The number of nitro groups is 1. The number of carbonyl (C=O) groups is 1. The van der Waals surface area contributed by atoms with Crippen molar-refractivity contribution in [2.45, 2.75) is 26.8 Å². The maximum atomic E-state index is 13.8. The number of methoxy groups -OCH3 is 1. The van der Waals surface area contributed by atoms with Crippen molar-refractivity contribution >= 4 is 29.1 Å². The van der Waals surface area contributed by atoms with Gasteiger partial charge in [-0.2, -0.15) is 0 Å². The van der Waals surface area contributed by atoms with Crippen molar-refractivity contribution in [3.05, 3.63) is 107 Å².